The number of aromatic nitrogens is 2. The van der Waals surface area contributed by atoms with Crippen molar-refractivity contribution in [3.8, 4) is 0 Å². The Balaban J connectivity index is 2.42. The molecule has 0 amide bonds. The monoisotopic (exact) mass is 207 g/mol. The van der Waals surface area contributed by atoms with Crippen molar-refractivity contribution in [1.29, 1.82) is 0 Å². The minimum Gasteiger partial charge on any atom is -0.334 e. The molecule has 84 valence electrons. The fourth-order valence-corrected chi connectivity index (χ4v) is 1.55. The van der Waals surface area contributed by atoms with Crippen LogP contribution in [-0.4, -0.2) is 15.6 Å². The van der Waals surface area contributed by atoms with Crippen molar-refractivity contribution in [2.24, 2.45) is 0 Å². The molecule has 1 unspecified atom stereocenters. The average molecular weight is 207 g/mol. The van der Waals surface area contributed by atoms with Crippen LogP contribution >= 0.6 is 0 Å². The van der Waals surface area contributed by atoms with Crippen LogP contribution < -0.4 is 5.32 Å². The number of imidazole rings is 1. The highest BCUT2D eigenvalue weighted by atomic mass is 15.1. The van der Waals surface area contributed by atoms with Crippen LogP contribution in [-0.2, 0) is 13.1 Å². The summed E-state index contributed by atoms with van der Waals surface area (Å²) in [6, 6.07) is 0.467. The predicted octanol–water partition coefficient (Wildman–Crippen LogP) is 2.35. The zero-order chi connectivity index (χ0) is 11.1. The lowest BCUT2D eigenvalue weighted by atomic mass is 10.2. The summed E-state index contributed by atoms with van der Waals surface area (Å²) in [4.78, 5) is 4.34. The van der Waals surface area contributed by atoms with E-state index in [2.05, 4.69) is 35.3 Å². The van der Waals surface area contributed by atoms with Crippen molar-refractivity contribution >= 4 is 0 Å². The second-order valence-electron chi connectivity index (χ2n) is 3.84. The Labute approximate surface area is 92.2 Å². The molecule has 0 spiro atoms. The molecule has 15 heavy (non-hydrogen) atoms. The standard InChI is InChI=1S/C12H21N3/c1-4-6-11(3)14-10-12-13-7-9-15(12)8-5-2/h4,7,9,11,14H,1,5-6,8,10H2,2-3H3. The van der Waals surface area contributed by atoms with Crippen molar-refractivity contribution in [3.63, 3.8) is 0 Å². The highest BCUT2D eigenvalue weighted by Gasteiger charge is 2.03. The lowest BCUT2D eigenvalue weighted by Gasteiger charge is -2.12. The van der Waals surface area contributed by atoms with E-state index in [1.54, 1.807) is 0 Å². The van der Waals surface area contributed by atoms with Crippen LogP contribution in [0.4, 0.5) is 0 Å². The largest absolute Gasteiger partial charge is 0.334 e. The Hall–Kier alpha value is -1.09. The van der Waals surface area contributed by atoms with Gasteiger partial charge in [-0.3, -0.25) is 0 Å². The number of aryl methyl sites for hydroxylation is 1. The van der Waals surface area contributed by atoms with E-state index in [0.29, 0.717) is 6.04 Å². The molecule has 1 aromatic heterocycles. The van der Waals surface area contributed by atoms with E-state index < -0.39 is 0 Å². The highest BCUT2D eigenvalue weighted by Crippen LogP contribution is 2.00. The predicted molar refractivity (Wildman–Crippen MR) is 63.6 cm³/mol. The van der Waals surface area contributed by atoms with Crippen LogP contribution in [0, 0.1) is 0 Å². The maximum atomic E-state index is 4.34. The van der Waals surface area contributed by atoms with Gasteiger partial charge in [-0.15, -0.1) is 6.58 Å². The molecule has 1 atom stereocenters. The summed E-state index contributed by atoms with van der Waals surface area (Å²) >= 11 is 0. The van der Waals surface area contributed by atoms with E-state index in [9.17, 15) is 0 Å². The third-order valence-electron chi connectivity index (χ3n) is 2.40. The quantitative estimate of drug-likeness (QED) is 0.696. The molecule has 3 heteroatoms. The number of nitrogens with zero attached hydrogens (tertiary/aromatic N) is 2. The van der Waals surface area contributed by atoms with Crippen LogP contribution in [0.1, 0.15) is 32.5 Å². The van der Waals surface area contributed by atoms with E-state index in [1.165, 1.54) is 0 Å². The summed E-state index contributed by atoms with van der Waals surface area (Å²) in [5, 5.41) is 3.43. The van der Waals surface area contributed by atoms with Crippen molar-refractivity contribution in [1.82, 2.24) is 14.9 Å². The molecule has 0 bridgehead atoms. The van der Waals surface area contributed by atoms with Gasteiger partial charge < -0.3 is 9.88 Å². The first-order valence-corrected chi connectivity index (χ1v) is 5.62. The van der Waals surface area contributed by atoms with Gasteiger partial charge in [-0.05, 0) is 19.8 Å². The summed E-state index contributed by atoms with van der Waals surface area (Å²) in [5.74, 6) is 1.12. The van der Waals surface area contributed by atoms with E-state index in [0.717, 1.165) is 31.8 Å². The Morgan fingerprint density at radius 1 is 1.67 bits per heavy atom. The first-order valence-electron chi connectivity index (χ1n) is 5.62. The third kappa shape index (κ3) is 3.88. The van der Waals surface area contributed by atoms with Crippen molar-refractivity contribution < 1.29 is 0 Å². The third-order valence-corrected chi connectivity index (χ3v) is 2.40. The fraction of sp³-hybridized carbons (Fsp3) is 0.583. The minimum atomic E-state index is 0.467. The summed E-state index contributed by atoms with van der Waals surface area (Å²) in [5.41, 5.74) is 0. The number of nitrogens with one attached hydrogen (secondary N) is 1. The summed E-state index contributed by atoms with van der Waals surface area (Å²) in [7, 11) is 0. The summed E-state index contributed by atoms with van der Waals surface area (Å²) in [6.45, 7) is 9.96. The van der Waals surface area contributed by atoms with Gasteiger partial charge in [-0.1, -0.05) is 13.0 Å². The molecular weight excluding hydrogens is 186 g/mol. The Morgan fingerprint density at radius 3 is 3.13 bits per heavy atom. The second-order valence-corrected chi connectivity index (χ2v) is 3.84. The summed E-state index contributed by atoms with van der Waals surface area (Å²) in [6.07, 6.45) is 7.99. The topological polar surface area (TPSA) is 29.9 Å². The van der Waals surface area contributed by atoms with E-state index >= 15 is 0 Å². The maximum Gasteiger partial charge on any atom is 0.122 e. The zero-order valence-corrected chi connectivity index (χ0v) is 9.74. The van der Waals surface area contributed by atoms with Gasteiger partial charge >= 0.3 is 0 Å². The van der Waals surface area contributed by atoms with E-state index in [-0.39, 0.29) is 0 Å². The van der Waals surface area contributed by atoms with Crippen LogP contribution in [0.25, 0.3) is 0 Å². The molecule has 3 nitrogen and oxygen atoms in total. The first kappa shape index (κ1) is 12.0. The van der Waals surface area contributed by atoms with Crippen molar-refractivity contribution in [3.05, 3.63) is 30.9 Å². The van der Waals surface area contributed by atoms with Crippen molar-refractivity contribution in [2.75, 3.05) is 0 Å². The van der Waals surface area contributed by atoms with Crippen LogP contribution in [0.2, 0.25) is 0 Å². The molecule has 0 aromatic carbocycles. The van der Waals surface area contributed by atoms with Gasteiger partial charge in [0, 0.05) is 25.0 Å². The number of hydrogen-bond acceptors (Lipinski definition) is 2. The van der Waals surface area contributed by atoms with Gasteiger partial charge in [0.2, 0.25) is 0 Å². The molecule has 0 radical (unpaired) electrons. The molecule has 0 saturated heterocycles. The fourth-order valence-electron chi connectivity index (χ4n) is 1.55. The molecule has 1 heterocycles. The van der Waals surface area contributed by atoms with E-state index in [4.69, 9.17) is 0 Å². The Bertz CT molecular complexity index is 291. The second kappa shape index (κ2) is 6.40. The molecule has 0 aliphatic carbocycles. The van der Waals surface area contributed by atoms with Crippen LogP contribution in [0.15, 0.2) is 25.0 Å². The Kier molecular flexibility index (Phi) is 5.12. The number of rotatable bonds is 7. The minimum absolute atomic E-state index is 0.467. The zero-order valence-electron chi connectivity index (χ0n) is 9.74. The maximum absolute atomic E-state index is 4.34. The number of hydrogen-bond donors (Lipinski definition) is 1. The smallest absolute Gasteiger partial charge is 0.122 e. The Morgan fingerprint density at radius 2 is 2.47 bits per heavy atom. The summed E-state index contributed by atoms with van der Waals surface area (Å²) < 4.78 is 2.20. The van der Waals surface area contributed by atoms with Gasteiger partial charge in [0.15, 0.2) is 0 Å². The normalized spacial score (nSPS) is 12.7. The van der Waals surface area contributed by atoms with Gasteiger partial charge in [0.05, 0.1) is 6.54 Å². The van der Waals surface area contributed by atoms with Crippen LogP contribution in [0.5, 0.6) is 0 Å². The SMILES string of the molecule is C=CCC(C)NCc1nccn1CCC. The van der Waals surface area contributed by atoms with Gasteiger partial charge in [-0.2, -0.15) is 0 Å². The molecule has 1 rings (SSSR count). The molecule has 1 aromatic rings. The average Bonchev–Trinajstić information content (AvgIpc) is 2.64. The molecule has 0 aliphatic rings. The van der Waals surface area contributed by atoms with Crippen molar-refractivity contribution in [2.45, 2.75) is 45.8 Å². The highest BCUT2D eigenvalue weighted by molar-refractivity contribution is 4.92. The lowest BCUT2D eigenvalue weighted by Crippen LogP contribution is -2.26. The first-order chi connectivity index (χ1) is 7.27. The molecule has 0 aliphatic heterocycles. The van der Waals surface area contributed by atoms with Crippen LogP contribution in [0.3, 0.4) is 0 Å². The molecule has 1 N–H and O–H groups in total. The van der Waals surface area contributed by atoms with Gasteiger partial charge in [0.1, 0.15) is 5.82 Å². The van der Waals surface area contributed by atoms with Gasteiger partial charge in [0.25, 0.3) is 0 Å². The van der Waals surface area contributed by atoms with E-state index in [1.807, 2.05) is 18.5 Å². The molecule has 0 fully saturated rings. The van der Waals surface area contributed by atoms with Gasteiger partial charge in [-0.25, -0.2) is 4.98 Å². The lowest BCUT2D eigenvalue weighted by molar-refractivity contribution is 0.519. The molecular formula is C12H21N3. The molecule has 0 saturated carbocycles.